The second-order valence-electron chi connectivity index (χ2n) is 7.35. The second kappa shape index (κ2) is 8.36. The molecule has 3 rings (SSSR count). The zero-order chi connectivity index (χ0) is 18.5. The van der Waals surface area contributed by atoms with Gasteiger partial charge < -0.3 is 14.6 Å². The van der Waals surface area contributed by atoms with Crippen LogP contribution in [0.3, 0.4) is 0 Å². The van der Waals surface area contributed by atoms with E-state index in [1.807, 2.05) is 46.0 Å². The van der Waals surface area contributed by atoms with Crippen LogP contribution in [0.2, 0.25) is 0 Å². The quantitative estimate of drug-likeness (QED) is 0.791. The second-order valence-corrected chi connectivity index (χ2v) is 7.35. The van der Waals surface area contributed by atoms with Crippen LogP contribution < -0.4 is 0 Å². The summed E-state index contributed by atoms with van der Waals surface area (Å²) in [6, 6.07) is 9.60. The number of aryl methyl sites for hydroxylation is 1. The first-order valence-electron chi connectivity index (χ1n) is 9.31. The first-order chi connectivity index (χ1) is 12.6. The molecule has 0 aliphatic carbocycles. The molecule has 1 aromatic heterocycles. The van der Waals surface area contributed by atoms with E-state index in [9.17, 15) is 9.90 Å². The maximum atomic E-state index is 13.0. The van der Waals surface area contributed by atoms with Gasteiger partial charge in [-0.05, 0) is 24.3 Å². The van der Waals surface area contributed by atoms with Crippen LogP contribution in [0.4, 0.5) is 4.79 Å². The molecule has 2 unspecified atom stereocenters. The highest BCUT2D eigenvalue weighted by Gasteiger charge is 2.44. The summed E-state index contributed by atoms with van der Waals surface area (Å²) in [5.41, 5.74) is 1.03. The van der Waals surface area contributed by atoms with E-state index in [4.69, 9.17) is 0 Å². The van der Waals surface area contributed by atoms with Gasteiger partial charge in [0.05, 0.1) is 18.9 Å². The van der Waals surface area contributed by atoms with Gasteiger partial charge >= 0.3 is 6.03 Å². The largest absolute Gasteiger partial charge is 0.371 e. The number of nitrogens with zero attached hydrogens (tertiary/aromatic N) is 4. The van der Waals surface area contributed by atoms with E-state index in [2.05, 4.69) is 18.8 Å². The van der Waals surface area contributed by atoms with E-state index in [1.54, 1.807) is 17.4 Å². The molecule has 0 bridgehead atoms. The maximum Gasteiger partial charge on any atom is 0.322 e. The van der Waals surface area contributed by atoms with Crippen molar-refractivity contribution in [2.24, 2.45) is 5.92 Å². The van der Waals surface area contributed by atoms with Gasteiger partial charge in [-0.25, -0.2) is 9.78 Å². The number of aliphatic hydroxyl groups is 1. The molecular weight excluding hydrogens is 328 g/mol. The van der Waals surface area contributed by atoms with Gasteiger partial charge in [-0.2, -0.15) is 0 Å². The highest BCUT2D eigenvalue weighted by molar-refractivity contribution is 5.77. The molecule has 0 spiro atoms. The summed E-state index contributed by atoms with van der Waals surface area (Å²) in [5, 5.41) is 10.8. The van der Waals surface area contributed by atoms with Crippen LogP contribution >= 0.6 is 0 Å². The van der Waals surface area contributed by atoms with Crippen molar-refractivity contribution in [3.05, 3.63) is 54.6 Å². The lowest BCUT2D eigenvalue weighted by atomic mass is 10.0. The number of carbonyl (C=O) groups is 1. The van der Waals surface area contributed by atoms with Crippen LogP contribution in [-0.4, -0.2) is 49.3 Å². The van der Waals surface area contributed by atoms with Crippen LogP contribution in [0.1, 0.15) is 32.3 Å². The van der Waals surface area contributed by atoms with Gasteiger partial charge in [0.25, 0.3) is 0 Å². The van der Waals surface area contributed by atoms with Gasteiger partial charge in [-0.3, -0.25) is 4.90 Å². The lowest BCUT2D eigenvalue weighted by Gasteiger charge is -2.26. The summed E-state index contributed by atoms with van der Waals surface area (Å²) in [6.07, 6.45) is 6.33. The number of hydrogen-bond acceptors (Lipinski definition) is 3. The molecular formula is C20H28N4O2. The summed E-state index contributed by atoms with van der Waals surface area (Å²) >= 11 is 0. The molecule has 1 fully saturated rings. The van der Waals surface area contributed by atoms with Crippen LogP contribution in [0.25, 0.3) is 0 Å². The number of urea groups is 1. The molecule has 1 aliphatic heterocycles. The van der Waals surface area contributed by atoms with Crippen molar-refractivity contribution in [3.8, 4) is 0 Å². The third kappa shape index (κ3) is 4.25. The van der Waals surface area contributed by atoms with Crippen LogP contribution in [0, 0.1) is 5.92 Å². The molecule has 1 aliphatic rings. The highest BCUT2D eigenvalue weighted by Crippen LogP contribution is 2.28. The van der Waals surface area contributed by atoms with Gasteiger partial charge in [-0.1, -0.05) is 44.2 Å². The monoisotopic (exact) mass is 356 g/mol. The van der Waals surface area contributed by atoms with E-state index < -0.39 is 6.23 Å². The standard InChI is InChI=1S/C20H28N4O2/c1-16(2)13-18-19(25)24(14-17-7-4-3-5-8-17)20(26)23(18)11-6-10-22-12-9-21-15-22/h3-5,7-9,12,15-16,18-19,25H,6,10-11,13-14H2,1-2H3. The van der Waals surface area contributed by atoms with Gasteiger partial charge in [0.15, 0.2) is 6.23 Å². The smallest absolute Gasteiger partial charge is 0.322 e. The molecule has 1 saturated heterocycles. The normalized spacial score (nSPS) is 20.4. The predicted octanol–water partition coefficient (Wildman–Crippen LogP) is 2.94. The lowest BCUT2D eigenvalue weighted by Crippen LogP contribution is -2.38. The number of aliphatic hydroxyl groups excluding tert-OH is 1. The zero-order valence-corrected chi connectivity index (χ0v) is 15.5. The van der Waals surface area contributed by atoms with Crippen molar-refractivity contribution in [1.29, 1.82) is 0 Å². The maximum absolute atomic E-state index is 13.0. The van der Waals surface area contributed by atoms with E-state index in [-0.39, 0.29) is 12.1 Å². The fraction of sp³-hybridized carbons (Fsp3) is 0.500. The third-order valence-electron chi connectivity index (χ3n) is 4.84. The Labute approximate surface area is 155 Å². The number of benzene rings is 1. The van der Waals surface area contributed by atoms with Crippen molar-refractivity contribution < 1.29 is 9.90 Å². The number of hydrogen-bond donors (Lipinski definition) is 1. The fourth-order valence-corrected chi connectivity index (χ4v) is 3.57. The minimum Gasteiger partial charge on any atom is -0.371 e. The predicted molar refractivity (Wildman–Crippen MR) is 100 cm³/mol. The number of aromatic nitrogens is 2. The summed E-state index contributed by atoms with van der Waals surface area (Å²) in [7, 11) is 0. The molecule has 2 amide bonds. The minimum absolute atomic E-state index is 0.0716. The van der Waals surface area contributed by atoms with Gasteiger partial charge in [0, 0.05) is 25.5 Å². The van der Waals surface area contributed by atoms with Crippen LogP contribution in [-0.2, 0) is 13.1 Å². The number of rotatable bonds is 8. The van der Waals surface area contributed by atoms with Crippen molar-refractivity contribution in [3.63, 3.8) is 0 Å². The van der Waals surface area contributed by atoms with Crippen molar-refractivity contribution >= 4 is 6.03 Å². The number of amides is 2. The van der Waals surface area contributed by atoms with Crippen molar-refractivity contribution in [2.45, 2.75) is 52.0 Å². The van der Waals surface area contributed by atoms with Crippen molar-refractivity contribution in [1.82, 2.24) is 19.4 Å². The Morgan fingerprint density at radius 2 is 1.92 bits per heavy atom. The van der Waals surface area contributed by atoms with Gasteiger partial charge in [0.1, 0.15) is 0 Å². The van der Waals surface area contributed by atoms with E-state index in [0.29, 0.717) is 19.0 Å². The van der Waals surface area contributed by atoms with Crippen LogP contribution in [0.5, 0.6) is 0 Å². The SMILES string of the molecule is CC(C)CC1C(O)N(Cc2ccccc2)C(=O)N1CCCn1ccnc1. The Balaban J connectivity index is 1.68. The molecule has 0 radical (unpaired) electrons. The Morgan fingerprint density at radius 1 is 1.15 bits per heavy atom. The Kier molecular flexibility index (Phi) is 5.93. The Bertz CT molecular complexity index is 687. The Hall–Kier alpha value is -2.34. The highest BCUT2D eigenvalue weighted by atomic mass is 16.3. The molecule has 26 heavy (non-hydrogen) atoms. The van der Waals surface area contributed by atoms with Gasteiger partial charge in [0.2, 0.25) is 0 Å². The first kappa shape index (κ1) is 18.5. The van der Waals surface area contributed by atoms with E-state index >= 15 is 0 Å². The summed E-state index contributed by atoms with van der Waals surface area (Å²) in [4.78, 5) is 20.5. The Morgan fingerprint density at radius 3 is 2.58 bits per heavy atom. The third-order valence-corrected chi connectivity index (χ3v) is 4.84. The molecule has 2 aromatic rings. The van der Waals surface area contributed by atoms with Crippen LogP contribution in [0.15, 0.2) is 49.1 Å². The average Bonchev–Trinajstić information content (AvgIpc) is 3.21. The molecule has 1 N–H and O–H groups in total. The molecule has 0 saturated carbocycles. The molecule has 2 heterocycles. The fourth-order valence-electron chi connectivity index (χ4n) is 3.57. The summed E-state index contributed by atoms with van der Waals surface area (Å²) in [6.45, 7) is 6.14. The summed E-state index contributed by atoms with van der Waals surface area (Å²) in [5.74, 6) is 0.412. The van der Waals surface area contributed by atoms with Gasteiger partial charge in [-0.15, -0.1) is 0 Å². The lowest BCUT2D eigenvalue weighted by molar-refractivity contribution is 0.0219. The summed E-state index contributed by atoms with van der Waals surface area (Å²) < 4.78 is 2.01. The molecule has 2 atom stereocenters. The minimum atomic E-state index is -0.765. The molecule has 140 valence electrons. The molecule has 6 nitrogen and oxygen atoms in total. The molecule has 1 aromatic carbocycles. The number of imidazole rings is 1. The molecule has 6 heteroatoms. The average molecular weight is 356 g/mol. The first-order valence-corrected chi connectivity index (χ1v) is 9.31. The number of carbonyl (C=O) groups excluding carboxylic acids is 1. The van der Waals surface area contributed by atoms with E-state index in [0.717, 1.165) is 24.9 Å². The van der Waals surface area contributed by atoms with Crippen molar-refractivity contribution in [2.75, 3.05) is 6.54 Å². The topological polar surface area (TPSA) is 61.6 Å². The zero-order valence-electron chi connectivity index (χ0n) is 15.5. The van der Waals surface area contributed by atoms with E-state index in [1.165, 1.54) is 0 Å².